The van der Waals surface area contributed by atoms with E-state index in [1.807, 2.05) is 13.0 Å². The van der Waals surface area contributed by atoms with Crippen LogP contribution < -0.4 is 10.5 Å². The zero-order valence-electron chi connectivity index (χ0n) is 10.3. The molecular weight excluding hydrogens is 198 g/mol. The van der Waals surface area contributed by atoms with Gasteiger partial charge in [-0.2, -0.15) is 0 Å². The molecule has 1 aliphatic carbocycles. The van der Waals surface area contributed by atoms with Crippen molar-refractivity contribution in [3.8, 4) is 5.75 Å². The molecule has 1 saturated carbocycles. The highest BCUT2D eigenvalue weighted by atomic mass is 16.5. The smallest absolute Gasteiger partial charge is 0.123 e. The van der Waals surface area contributed by atoms with Gasteiger partial charge in [0.05, 0.1) is 6.10 Å². The van der Waals surface area contributed by atoms with Crippen molar-refractivity contribution < 1.29 is 4.74 Å². The fraction of sp³-hybridized carbons (Fsp3) is 0.571. The average Bonchev–Trinajstić information content (AvgIpc) is 2.27. The Morgan fingerprint density at radius 3 is 2.44 bits per heavy atom. The summed E-state index contributed by atoms with van der Waals surface area (Å²) in [7, 11) is 0. The minimum atomic E-state index is 0.412. The first kappa shape index (κ1) is 11.3. The van der Waals surface area contributed by atoms with Crippen LogP contribution in [0.2, 0.25) is 0 Å². The van der Waals surface area contributed by atoms with Crippen LogP contribution in [-0.2, 0) is 0 Å². The van der Waals surface area contributed by atoms with Crippen molar-refractivity contribution in [1.29, 1.82) is 0 Å². The Hall–Kier alpha value is -1.18. The highest BCUT2D eigenvalue weighted by molar-refractivity contribution is 5.53. The number of benzene rings is 1. The van der Waals surface area contributed by atoms with Crippen molar-refractivity contribution in [1.82, 2.24) is 0 Å². The van der Waals surface area contributed by atoms with Crippen LogP contribution in [0.1, 0.15) is 43.2 Å². The summed E-state index contributed by atoms with van der Waals surface area (Å²) in [6.07, 6.45) is 6.77. The standard InChI is InChI=1S/C14H21NO/c1-10-9-14(11(2)8-13(10)15)16-12-6-4-3-5-7-12/h8-9,12H,3-7,15H2,1-2H3. The second kappa shape index (κ2) is 4.77. The van der Waals surface area contributed by atoms with Crippen molar-refractivity contribution >= 4 is 5.69 Å². The lowest BCUT2D eigenvalue weighted by Crippen LogP contribution is -2.20. The van der Waals surface area contributed by atoms with Crippen LogP contribution in [-0.4, -0.2) is 6.10 Å². The lowest BCUT2D eigenvalue weighted by Gasteiger charge is -2.24. The number of hydrogen-bond donors (Lipinski definition) is 1. The molecule has 1 aliphatic rings. The first-order chi connectivity index (χ1) is 7.66. The van der Waals surface area contributed by atoms with Gasteiger partial charge in [-0.05, 0) is 62.8 Å². The maximum Gasteiger partial charge on any atom is 0.123 e. The van der Waals surface area contributed by atoms with E-state index in [4.69, 9.17) is 10.5 Å². The van der Waals surface area contributed by atoms with Gasteiger partial charge in [-0.25, -0.2) is 0 Å². The van der Waals surface area contributed by atoms with Gasteiger partial charge >= 0.3 is 0 Å². The Labute approximate surface area is 97.8 Å². The van der Waals surface area contributed by atoms with E-state index in [0.717, 1.165) is 22.6 Å². The molecule has 0 atom stereocenters. The Kier molecular flexibility index (Phi) is 3.37. The lowest BCUT2D eigenvalue weighted by atomic mass is 9.97. The Bertz CT molecular complexity index is 367. The fourth-order valence-corrected chi connectivity index (χ4v) is 2.30. The van der Waals surface area contributed by atoms with Gasteiger partial charge in [0.25, 0.3) is 0 Å². The molecule has 16 heavy (non-hydrogen) atoms. The second-order valence-corrected chi connectivity index (χ2v) is 4.85. The molecule has 1 fully saturated rings. The van der Waals surface area contributed by atoms with Crippen molar-refractivity contribution in [2.24, 2.45) is 0 Å². The van der Waals surface area contributed by atoms with Gasteiger partial charge in [0.1, 0.15) is 5.75 Å². The predicted molar refractivity (Wildman–Crippen MR) is 67.8 cm³/mol. The summed E-state index contributed by atoms with van der Waals surface area (Å²) in [5.41, 5.74) is 8.98. The van der Waals surface area contributed by atoms with E-state index in [0.29, 0.717) is 6.10 Å². The summed E-state index contributed by atoms with van der Waals surface area (Å²) < 4.78 is 6.07. The third-order valence-electron chi connectivity index (χ3n) is 3.41. The predicted octanol–water partition coefficient (Wildman–Crippen LogP) is 3.60. The number of aryl methyl sites for hydroxylation is 2. The van der Waals surface area contributed by atoms with Crippen LogP contribution in [0, 0.1) is 13.8 Å². The summed E-state index contributed by atoms with van der Waals surface area (Å²) in [4.78, 5) is 0. The molecule has 2 nitrogen and oxygen atoms in total. The SMILES string of the molecule is Cc1cc(OC2CCCCC2)c(C)cc1N. The summed E-state index contributed by atoms with van der Waals surface area (Å²) in [6.45, 7) is 4.09. The van der Waals surface area contributed by atoms with Crippen LogP contribution in [0.25, 0.3) is 0 Å². The number of ether oxygens (including phenoxy) is 1. The molecule has 2 heteroatoms. The molecule has 0 spiro atoms. The highest BCUT2D eigenvalue weighted by Crippen LogP contribution is 2.28. The van der Waals surface area contributed by atoms with Crippen molar-refractivity contribution in [2.75, 3.05) is 5.73 Å². The maximum absolute atomic E-state index is 6.07. The Balaban J connectivity index is 2.11. The monoisotopic (exact) mass is 219 g/mol. The third-order valence-corrected chi connectivity index (χ3v) is 3.41. The summed E-state index contributed by atoms with van der Waals surface area (Å²) in [5.74, 6) is 1.01. The molecule has 1 aromatic rings. The quantitative estimate of drug-likeness (QED) is 0.771. The first-order valence-electron chi connectivity index (χ1n) is 6.20. The molecule has 0 amide bonds. The van der Waals surface area contributed by atoms with Gasteiger partial charge in [0.15, 0.2) is 0 Å². The summed E-state index contributed by atoms with van der Waals surface area (Å²) >= 11 is 0. The Morgan fingerprint density at radius 1 is 1.06 bits per heavy atom. The molecule has 88 valence electrons. The van der Waals surface area contributed by atoms with E-state index in [1.54, 1.807) is 0 Å². The summed E-state index contributed by atoms with van der Waals surface area (Å²) in [5, 5.41) is 0. The fourth-order valence-electron chi connectivity index (χ4n) is 2.30. The minimum absolute atomic E-state index is 0.412. The molecule has 1 aromatic carbocycles. The molecule has 2 N–H and O–H groups in total. The van der Waals surface area contributed by atoms with E-state index >= 15 is 0 Å². The van der Waals surface area contributed by atoms with Crippen LogP contribution in [0.15, 0.2) is 12.1 Å². The molecular formula is C14H21NO. The molecule has 2 rings (SSSR count). The van der Waals surface area contributed by atoms with Gasteiger partial charge < -0.3 is 10.5 Å². The molecule has 0 aromatic heterocycles. The van der Waals surface area contributed by atoms with Gasteiger partial charge in [0.2, 0.25) is 0 Å². The van der Waals surface area contributed by atoms with E-state index < -0.39 is 0 Å². The van der Waals surface area contributed by atoms with E-state index in [-0.39, 0.29) is 0 Å². The number of anilines is 1. The Morgan fingerprint density at radius 2 is 1.75 bits per heavy atom. The molecule has 0 radical (unpaired) electrons. The number of nitrogen functional groups attached to an aromatic ring is 1. The van der Waals surface area contributed by atoms with E-state index in [1.165, 1.54) is 32.1 Å². The van der Waals surface area contributed by atoms with Gasteiger partial charge in [-0.1, -0.05) is 6.42 Å². The highest BCUT2D eigenvalue weighted by Gasteiger charge is 2.16. The molecule has 0 bridgehead atoms. The molecule has 0 unspecified atom stereocenters. The second-order valence-electron chi connectivity index (χ2n) is 4.85. The average molecular weight is 219 g/mol. The zero-order valence-corrected chi connectivity index (χ0v) is 10.3. The van der Waals surface area contributed by atoms with Crippen molar-refractivity contribution in [2.45, 2.75) is 52.1 Å². The zero-order chi connectivity index (χ0) is 11.5. The molecule has 0 heterocycles. The van der Waals surface area contributed by atoms with Crippen molar-refractivity contribution in [3.63, 3.8) is 0 Å². The normalized spacial score (nSPS) is 17.4. The number of nitrogens with two attached hydrogens (primary N) is 1. The van der Waals surface area contributed by atoms with E-state index in [2.05, 4.69) is 13.0 Å². The lowest BCUT2D eigenvalue weighted by molar-refractivity contribution is 0.154. The topological polar surface area (TPSA) is 35.2 Å². The van der Waals surface area contributed by atoms with Gasteiger partial charge in [-0.15, -0.1) is 0 Å². The van der Waals surface area contributed by atoms with Gasteiger partial charge in [-0.3, -0.25) is 0 Å². The first-order valence-corrected chi connectivity index (χ1v) is 6.20. The minimum Gasteiger partial charge on any atom is -0.490 e. The van der Waals surface area contributed by atoms with Gasteiger partial charge in [0, 0.05) is 5.69 Å². The van der Waals surface area contributed by atoms with Crippen LogP contribution in [0.4, 0.5) is 5.69 Å². The van der Waals surface area contributed by atoms with Crippen LogP contribution >= 0.6 is 0 Å². The summed E-state index contributed by atoms with van der Waals surface area (Å²) in [6, 6.07) is 4.08. The van der Waals surface area contributed by atoms with E-state index in [9.17, 15) is 0 Å². The molecule has 0 aliphatic heterocycles. The third kappa shape index (κ3) is 2.49. The number of hydrogen-bond acceptors (Lipinski definition) is 2. The molecule has 0 saturated heterocycles. The largest absolute Gasteiger partial charge is 0.490 e. The number of rotatable bonds is 2. The van der Waals surface area contributed by atoms with Crippen LogP contribution in [0.5, 0.6) is 5.75 Å². The maximum atomic E-state index is 6.07. The van der Waals surface area contributed by atoms with Crippen LogP contribution in [0.3, 0.4) is 0 Å². The van der Waals surface area contributed by atoms with Crippen molar-refractivity contribution in [3.05, 3.63) is 23.3 Å².